The number of hydrogen-bond donors (Lipinski definition) is 2. The van der Waals surface area contributed by atoms with Gasteiger partial charge in [-0.15, -0.1) is 0 Å². The van der Waals surface area contributed by atoms with Crippen LogP contribution in [0.25, 0.3) is 0 Å². The van der Waals surface area contributed by atoms with Crippen molar-refractivity contribution in [3.8, 4) is 0 Å². The first-order chi connectivity index (χ1) is 8.65. The Balaban J connectivity index is 1.90. The maximum atomic E-state index is 13.3. The first kappa shape index (κ1) is 13.3. The predicted octanol–water partition coefficient (Wildman–Crippen LogP) is 2.00. The Morgan fingerprint density at radius 1 is 1.50 bits per heavy atom. The molecule has 1 unspecified atom stereocenters. The molecule has 0 bridgehead atoms. The molecule has 6 heteroatoms. The van der Waals surface area contributed by atoms with Gasteiger partial charge in [0.2, 0.25) is 5.91 Å². The summed E-state index contributed by atoms with van der Waals surface area (Å²) in [5.74, 6) is 0.245. The van der Waals surface area contributed by atoms with Crippen LogP contribution in [0, 0.1) is 11.6 Å². The SMILES string of the molecule is O=C(CC1CSCCN1)Nc1ccc(F)cc1F. The number of hydrogen-bond acceptors (Lipinski definition) is 3. The minimum atomic E-state index is -0.755. The molecule has 1 amide bonds. The molecule has 0 aromatic heterocycles. The highest BCUT2D eigenvalue weighted by Crippen LogP contribution is 2.16. The Kier molecular flexibility index (Phi) is 4.54. The van der Waals surface area contributed by atoms with E-state index < -0.39 is 11.6 Å². The molecule has 1 saturated heterocycles. The van der Waals surface area contributed by atoms with Gasteiger partial charge in [-0.3, -0.25) is 4.79 Å². The fraction of sp³-hybridized carbons (Fsp3) is 0.417. The van der Waals surface area contributed by atoms with Crippen molar-refractivity contribution in [2.45, 2.75) is 12.5 Å². The third-order valence-corrected chi connectivity index (χ3v) is 3.77. The molecule has 18 heavy (non-hydrogen) atoms. The lowest BCUT2D eigenvalue weighted by molar-refractivity contribution is -0.116. The zero-order valence-electron chi connectivity index (χ0n) is 9.71. The Morgan fingerprint density at radius 3 is 3.00 bits per heavy atom. The zero-order valence-corrected chi connectivity index (χ0v) is 10.5. The van der Waals surface area contributed by atoms with E-state index in [1.165, 1.54) is 6.07 Å². The van der Waals surface area contributed by atoms with Crippen molar-refractivity contribution in [1.29, 1.82) is 0 Å². The highest BCUT2D eigenvalue weighted by atomic mass is 32.2. The maximum absolute atomic E-state index is 13.3. The van der Waals surface area contributed by atoms with E-state index in [1.54, 1.807) is 11.8 Å². The summed E-state index contributed by atoms with van der Waals surface area (Å²) in [7, 11) is 0. The monoisotopic (exact) mass is 272 g/mol. The number of nitrogens with one attached hydrogen (secondary N) is 2. The molecule has 1 aromatic rings. The van der Waals surface area contributed by atoms with Crippen LogP contribution in [-0.2, 0) is 4.79 Å². The van der Waals surface area contributed by atoms with Crippen LogP contribution in [0.3, 0.4) is 0 Å². The molecule has 0 spiro atoms. The van der Waals surface area contributed by atoms with Crippen molar-refractivity contribution in [2.24, 2.45) is 0 Å². The molecule has 1 aromatic carbocycles. The number of thioether (sulfide) groups is 1. The summed E-state index contributed by atoms with van der Waals surface area (Å²) >= 11 is 1.79. The summed E-state index contributed by atoms with van der Waals surface area (Å²) in [6.07, 6.45) is 0.295. The minimum absolute atomic E-state index is 0.0184. The van der Waals surface area contributed by atoms with E-state index in [0.29, 0.717) is 6.42 Å². The summed E-state index contributed by atoms with van der Waals surface area (Å²) in [5.41, 5.74) is 0.0184. The molecule has 0 aliphatic carbocycles. The molecular formula is C12H14F2N2OS. The van der Waals surface area contributed by atoms with E-state index in [9.17, 15) is 13.6 Å². The van der Waals surface area contributed by atoms with Gasteiger partial charge in [-0.25, -0.2) is 8.78 Å². The lowest BCUT2D eigenvalue weighted by atomic mass is 10.2. The predicted molar refractivity (Wildman–Crippen MR) is 68.7 cm³/mol. The maximum Gasteiger partial charge on any atom is 0.226 e. The van der Waals surface area contributed by atoms with Gasteiger partial charge in [-0.2, -0.15) is 11.8 Å². The standard InChI is InChI=1S/C12H14F2N2OS/c13-8-1-2-11(10(14)5-8)16-12(17)6-9-7-18-4-3-15-9/h1-2,5,9,15H,3-4,6-7H2,(H,16,17). The van der Waals surface area contributed by atoms with Crippen molar-refractivity contribution in [3.63, 3.8) is 0 Å². The number of halogens is 2. The molecule has 1 aliphatic heterocycles. The number of carbonyl (C=O) groups excluding carboxylic acids is 1. The van der Waals surface area contributed by atoms with E-state index in [-0.39, 0.29) is 17.6 Å². The number of anilines is 1. The van der Waals surface area contributed by atoms with Crippen LogP contribution in [0.2, 0.25) is 0 Å². The van der Waals surface area contributed by atoms with Gasteiger partial charge in [0.15, 0.2) is 0 Å². The van der Waals surface area contributed by atoms with Crippen molar-refractivity contribution >= 4 is 23.4 Å². The normalized spacial score (nSPS) is 19.6. The van der Waals surface area contributed by atoms with Gasteiger partial charge in [0.25, 0.3) is 0 Å². The number of benzene rings is 1. The van der Waals surface area contributed by atoms with Crippen LogP contribution in [0.15, 0.2) is 18.2 Å². The van der Waals surface area contributed by atoms with Gasteiger partial charge in [0.05, 0.1) is 5.69 Å². The van der Waals surface area contributed by atoms with E-state index in [0.717, 1.165) is 30.2 Å². The summed E-state index contributed by atoms with van der Waals surface area (Å²) < 4.78 is 26.0. The molecule has 3 nitrogen and oxygen atoms in total. The van der Waals surface area contributed by atoms with Gasteiger partial charge in [-0.1, -0.05) is 0 Å². The third kappa shape index (κ3) is 3.68. The Bertz CT molecular complexity index is 436. The lowest BCUT2D eigenvalue weighted by Crippen LogP contribution is -2.39. The summed E-state index contributed by atoms with van der Waals surface area (Å²) in [4.78, 5) is 11.7. The van der Waals surface area contributed by atoms with Crippen LogP contribution in [0.4, 0.5) is 14.5 Å². The second-order valence-corrected chi connectivity index (χ2v) is 5.25. The molecular weight excluding hydrogens is 258 g/mol. The Hall–Kier alpha value is -1.14. The van der Waals surface area contributed by atoms with E-state index in [2.05, 4.69) is 10.6 Å². The van der Waals surface area contributed by atoms with Crippen LogP contribution in [0.1, 0.15) is 6.42 Å². The number of rotatable bonds is 3. The smallest absolute Gasteiger partial charge is 0.226 e. The number of carbonyl (C=O) groups is 1. The average molecular weight is 272 g/mol. The van der Waals surface area contributed by atoms with E-state index >= 15 is 0 Å². The summed E-state index contributed by atoms with van der Waals surface area (Å²) in [6.45, 7) is 0.882. The number of amides is 1. The molecule has 2 N–H and O–H groups in total. The van der Waals surface area contributed by atoms with Gasteiger partial charge >= 0.3 is 0 Å². The highest BCUT2D eigenvalue weighted by Gasteiger charge is 2.17. The zero-order chi connectivity index (χ0) is 13.0. The van der Waals surface area contributed by atoms with Gasteiger partial charge in [0, 0.05) is 36.6 Å². The van der Waals surface area contributed by atoms with Gasteiger partial charge in [0.1, 0.15) is 11.6 Å². The molecule has 0 saturated carbocycles. The first-order valence-electron chi connectivity index (χ1n) is 5.71. The quantitative estimate of drug-likeness (QED) is 0.884. The van der Waals surface area contributed by atoms with Crippen LogP contribution in [-0.4, -0.2) is 30.0 Å². The second-order valence-electron chi connectivity index (χ2n) is 4.10. The molecule has 98 valence electrons. The topological polar surface area (TPSA) is 41.1 Å². The minimum Gasteiger partial charge on any atom is -0.324 e. The Morgan fingerprint density at radius 2 is 2.33 bits per heavy atom. The summed E-state index contributed by atoms with van der Waals surface area (Å²) in [6, 6.07) is 3.22. The largest absolute Gasteiger partial charge is 0.324 e. The Labute approximate surface area is 108 Å². The lowest BCUT2D eigenvalue weighted by Gasteiger charge is -2.22. The van der Waals surface area contributed by atoms with Crippen LogP contribution in [0.5, 0.6) is 0 Å². The molecule has 1 aliphatic rings. The molecule has 2 rings (SSSR count). The second kappa shape index (κ2) is 6.15. The van der Waals surface area contributed by atoms with Gasteiger partial charge < -0.3 is 10.6 Å². The average Bonchev–Trinajstić information content (AvgIpc) is 2.34. The van der Waals surface area contributed by atoms with Crippen molar-refractivity contribution < 1.29 is 13.6 Å². The fourth-order valence-electron chi connectivity index (χ4n) is 1.77. The van der Waals surface area contributed by atoms with Crippen molar-refractivity contribution in [3.05, 3.63) is 29.8 Å². The first-order valence-corrected chi connectivity index (χ1v) is 6.86. The molecule has 1 fully saturated rings. The van der Waals surface area contributed by atoms with E-state index in [1.807, 2.05) is 0 Å². The van der Waals surface area contributed by atoms with Crippen molar-refractivity contribution in [2.75, 3.05) is 23.4 Å². The molecule has 0 radical (unpaired) electrons. The van der Waals surface area contributed by atoms with Crippen LogP contribution < -0.4 is 10.6 Å². The fourth-order valence-corrected chi connectivity index (χ4v) is 2.72. The van der Waals surface area contributed by atoms with Crippen LogP contribution >= 0.6 is 11.8 Å². The van der Waals surface area contributed by atoms with E-state index in [4.69, 9.17) is 0 Å². The highest BCUT2D eigenvalue weighted by molar-refractivity contribution is 7.99. The molecule has 1 heterocycles. The van der Waals surface area contributed by atoms with Crippen molar-refractivity contribution in [1.82, 2.24) is 5.32 Å². The summed E-state index contributed by atoms with van der Waals surface area (Å²) in [5, 5.41) is 5.68. The van der Waals surface area contributed by atoms with Gasteiger partial charge in [-0.05, 0) is 12.1 Å². The third-order valence-electron chi connectivity index (χ3n) is 2.64. The molecule has 1 atom stereocenters.